The van der Waals surface area contributed by atoms with Gasteiger partial charge in [-0.25, -0.2) is 4.39 Å². The van der Waals surface area contributed by atoms with Gasteiger partial charge in [-0.15, -0.1) is 10.2 Å². The van der Waals surface area contributed by atoms with Crippen molar-refractivity contribution in [2.45, 2.75) is 6.92 Å². The number of nitrogens with zero attached hydrogens (tertiary/aromatic N) is 4. The molecule has 0 atom stereocenters. The minimum atomic E-state index is -0.279. The number of aromatic nitrogens is 3. The topological polar surface area (TPSA) is 69.2 Å². The predicted molar refractivity (Wildman–Crippen MR) is 96.5 cm³/mol. The zero-order valence-electron chi connectivity index (χ0n) is 14.4. The Kier molecular flexibility index (Phi) is 4.56. The van der Waals surface area contributed by atoms with Gasteiger partial charge < -0.3 is 15.4 Å². The van der Waals surface area contributed by atoms with Gasteiger partial charge in [0.2, 0.25) is 5.95 Å². The van der Waals surface area contributed by atoms with Crippen LogP contribution in [0.5, 0.6) is 5.75 Å². The molecule has 2 N–H and O–H groups in total. The fourth-order valence-electron chi connectivity index (χ4n) is 2.63. The molecule has 1 heterocycles. The van der Waals surface area contributed by atoms with E-state index in [2.05, 4.69) is 10.2 Å². The van der Waals surface area contributed by atoms with Crippen LogP contribution in [0.25, 0.3) is 11.4 Å². The number of benzene rings is 2. The lowest BCUT2D eigenvalue weighted by atomic mass is 10.1. The maximum Gasteiger partial charge on any atom is 0.231 e. The number of rotatable bonds is 5. The van der Waals surface area contributed by atoms with Gasteiger partial charge in [0.25, 0.3) is 0 Å². The van der Waals surface area contributed by atoms with Crippen LogP contribution >= 0.6 is 0 Å². The highest BCUT2D eigenvalue weighted by Gasteiger charge is 2.18. The Morgan fingerprint density at radius 2 is 1.88 bits per heavy atom. The first-order chi connectivity index (χ1) is 12.0. The van der Waals surface area contributed by atoms with Crippen LogP contribution in [0.3, 0.4) is 0 Å². The molecular formula is C18H20FN5O. The zero-order chi connectivity index (χ0) is 18.0. The lowest BCUT2D eigenvalue weighted by molar-refractivity contribution is 0.341. The van der Waals surface area contributed by atoms with E-state index in [0.717, 1.165) is 11.3 Å². The van der Waals surface area contributed by atoms with Crippen molar-refractivity contribution in [2.75, 3.05) is 24.3 Å². The number of hydrogen-bond donors (Lipinski definition) is 1. The van der Waals surface area contributed by atoms with E-state index < -0.39 is 0 Å². The Morgan fingerprint density at radius 1 is 1.16 bits per heavy atom. The van der Waals surface area contributed by atoms with Crippen molar-refractivity contribution >= 4 is 17.3 Å². The molecule has 0 fully saturated rings. The smallest absolute Gasteiger partial charge is 0.231 e. The largest absolute Gasteiger partial charge is 0.493 e. The summed E-state index contributed by atoms with van der Waals surface area (Å²) in [7, 11) is 3.73. The van der Waals surface area contributed by atoms with E-state index in [-0.39, 0.29) is 5.82 Å². The van der Waals surface area contributed by atoms with E-state index in [1.54, 1.807) is 24.3 Å². The van der Waals surface area contributed by atoms with Crippen molar-refractivity contribution in [3.05, 3.63) is 48.3 Å². The van der Waals surface area contributed by atoms with Gasteiger partial charge in [0.15, 0.2) is 5.82 Å². The van der Waals surface area contributed by atoms with E-state index in [9.17, 15) is 4.39 Å². The average molecular weight is 341 g/mol. The molecule has 3 rings (SSSR count). The number of nitrogen functional groups attached to an aromatic ring is 1. The minimum Gasteiger partial charge on any atom is -0.493 e. The summed E-state index contributed by atoms with van der Waals surface area (Å²) in [6.07, 6.45) is 0. The third-order valence-electron chi connectivity index (χ3n) is 3.91. The van der Waals surface area contributed by atoms with Gasteiger partial charge in [-0.1, -0.05) is 0 Å². The third-order valence-corrected chi connectivity index (χ3v) is 3.91. The quantitative estimate of drug-likeness (QED) is 0.721. The highest BCUT2D eigenvalue weighted by atomic mass is 19.1. The fraction of sp³-hybridized carbons (Fsp3) is 0.222. The van der Waals surface area contributed by atoms with Crippen LogP contribution in [0.2, 0.25) is 0 Å². The van der Waals surface area contributed by atoms with Crippen LogP contribution in [-0.2, 0) is 7.05 Å². The molecule has 3 aromatic rings. The van der Waals surface area contributed by atoms with E-state index in [0.29, 0.717) is 29.8 Å². The number of hydrogen-bond acceptors (Lipinski definition) is 5. The van der Waals surface area contributed by atoms with Gasteiger partial charge in [-0.2, -0.15) is 0 Å². The van der Waals surface area contributed by atoms with E-state index in [1.165, 1.54) is 12.1 Å². The van der Waals surface area contributed by atoms with Gasteiger partial charge in [0, 0.05) is 31.5 Å². The standard InChI is InChI=1S/C18H20FN5O/c1-4-25-16-11-13(20)7-10-15(16)17-21-22-18(24(17)3)23(2)14-8-5-12(19)6-9-14/h5-11H,4,20H2,1-3H3. The molecule has 0 unspecified atom stereocenters. The van der Waals surface area contributed by atoms with Gasteiger partial charge in [0.1, 0.15) is 11.6 Å². The maximum atomic E-state index is 13.1. The average Bonchev–Trinajstić information content (AvgIpc) is 2.97. The van der Waals surface area contributed by atoms with Crippen LogP contribution in [0.15, 0.2) is 42.5 Å². The molecule has 6 nitrogen and oxygen atoms in total. The van der Waals surface area contributed by atoms with Crippen molar-refractivity contribution < 1.29 is 9.13 Å². The summed E-state index contributed by atoms with van der Waals surface area (Å²) in [4.78, 5) is 1.84. The van der Waals surface area contributed by atoms with E-state index in [1.807, 2.05) is 36.6 Å². The first-order valence-electron chi connectivity index (χ1n) is 7.92. The molecule has 0 radical (unpaired) electrons. The van der Waals surface area contributed by atoms with Crippen molar-refractivity contribution in [3.8, 4) is 17.1 Å². The molecule has 0 aliphatic rings. The molecule has 0 saturated carbocycles. The minimum absolute atomic E-state index is 0.279. The van der Waals surface area contributed by atoms with Crippen LogP contribution < -0.4 is 15.4 Å². The normalized spacial score (nSPS) is 10.7. The lowest BCUT2D eigenvalue weighted by Gasteiger charge is -2.18. The Hall–Kier alpha value is -3.09. The Bertz CT molecular complexity index is 876. The second-order valence-corrected chi connectivity index (χ2v) is 5.61. The number of nitrogens with two attached hydrogens (primary N) is 1. The Labute approximate surface area is 145 Å². The fourth-order valence-corrected chi connectivity index (χ4v) is 2.63. The van der Waals surface area contributed by atoms with Crippen molar-refractivity contribution in [1.82, 2.24) is 14.8 Å². The van der Waals surface area contributed by atoms with Gasteiger partial charge >= 0.3 is 0 Å². The first kappa shape index (κ1) is 16.8. The molecule has 0 aliphatic heterocycles. The molecule has 0 aliphatic carbocycles. The monoisotopic (exact) mass is 341 g/mol. The van der Waals surface area contributed by atoms with Crippen LogP contribution in [0.1, 0.15) is 6.92 Å². The highest BCUT2D eigenvalue weighted by molar-refractivity contribution is 5.70. The van der Waals surface area contributed by atoms with E-state index in [4.69, 9.17) is 10.5 Å². The second-order valence-electron chi connectivity index (χ2n) is 5.61. The summed E-state index contributed by atoms with van der Waals surface area (Å²) in [6.45, 7) is 2.44. The lowest BCUT2D eigenvalue weighted by Crippen LogP contribution is -2.14. The molecule has 25 heavy (non-hydrogen) atoms. The third kappa shape index (κ3) is 3.26. The zero-order valence-corrected chi connectivity index (χ0v) is 14.4. The molecule has 0 bridgehead atoms. The summed E-state index contributed by atoms with van der Waals surface area (Å²) in [5.74, 6) is 1.67. The van der Waals surface area contributed by atoms with Crippen molar-refractivity contribution in [1.29, 1.82) is 0 Å². The summed E-state index contributed by atoms with van der Waals surface area (Å²) < 4.78 is 20.7. The summed E-state index contributed by atoms with van der Waals surface area (Å²) in [5.41, 5.74) is 8.10. The van der Waals surface area contributed by atoms with Crippen molar-refractivity contribution in [2.24, 2.45) is 7.05 Å². The van der Waals surface area contributed by atoms with E-state index >= 15 is 0 Å². The van der Waals surface area contributed by atoms with Gasteiger partial charge in [-0.05, 0) is 43.3 Å². The molecular weight excluding hydrogens is 321 g/mol. The second kappa shape index (κ2) is 6.80. The summed E-state index contributed by atoms with van der Waals surface area (Å²) in [5, 5.41) is 8.57. The number of anilines is 3. The maximum absolute atomic E-state index is 13.1. The molecule has 130 valence electrons. The summed E-state index contributed by atoms with van der Waals surface area (Å²) in [6, 6.07) is 11.7. The molecule has 7 heteroatoms. The number of ether oxygens (including phenoxy) is 1. The molecule has 1 aromatic heterocycles. The van der Waals surface area contributed by atoms with Crippen molar-refractivity contribution in [3.63, 3.8) is 0 Å². The van der Waals surface area contributed by atoms with Gasteiger partial charge in [0.05, 0.1) is 12.2 Å². The Balaban J connectivity index is 2.00. The summed E-state index contributed by atoms with van der Waals surface area (Å²) >= 11 is 0. The first-order valence-corrected chi connectivity index (χ1v) is 7.92. The number of halogens is 1. The van der Waals surface area contributed by atoms with Gasteiger partial charge in [-0.3, -0.25) is 4.57 Å². The van der Waals surface area contributed by atoms with Crippen LogP contribution in [0.4, 0.5) is 21.7 Å². The molecule has 0 saturated heterocycles. The SMILES string of the molecule is CCOc1cc(N)ccc1-c1nnc(N(C)c2ccc(F)cc2)n1C. The molecule has 2 aromatic carbocycles. The van der Waals surface area contributed by atoms with Crippen LogP contribution in [0, 0.1) is 5.82 Å². The Morgan fingerprint density at radius 3 is 2.56 bits per heavy atom. The molecule has 0 spiro atoms. The van der Waals surface area contributed by atoms with Crippen LogP contribution in [-0.4, -0.2) is 28.4 Å². The molecule has 0 amide bonds. The predicted octanol–water partition coefficient (Wildman–Crippen LogP) is 3.37. The highest BCUT2D eigenvalue weighted by Crippen LogP contribution is 2.33.